The highest BCUT2D eigenvalue weighted by molar-refractivity contribution is 6.04. The standard InChI is InChI=1S/C23H28N6O2/c1-16(30)26-21-7-6-20(19-5-2-10-25-23(19)21)27-17-8-12-28(13-9-17)15-22(31)29-11-3-4-18(29)14-24/h2,5-7,10,17-18,27H,3-4,8-9,11-13,15H2,1H3,(H,26,30)/t18-/m0/s1. The van der Waals surface area contributed by atoms with Crippen LogP contribution in [0.25, 0.3) is 10.9 Å². The monoisotopic (exact) mass is 420 g/mol. The molecule has 0 bridgehead atoms. The van der Waals surface area contributed by atoms with Crippen molar-refractivity contribution in [2.75, 3.05) is 36.8 Å². The van der Waals surface area contributed by atoms with Gasteiger partial charge < -0.3 is 15.5 Å². The number of amides is 2. The quantitative estimate of drug-likeness (QED) is 0.771. The second-order valence-corrected chi connectivity index (χ2v) is 8.31. The minimum Gasteiger partial charge on any atom is -0.382 e. The topological polar surface area (TPSA) is 101 Å². The number of nitrogens with one attached hydrogen (secondary N) is 2. The third-order valence-electron chi connectivity index (χ3n) is 6.11. The molecule has 0 radical (unpaired) electrons. The molecule has 8 nitrogen and oxygen atoms in total. The zero-order chi connectivity index (χ0) is 21.8. The highest BCUT2D eigenvalue weighted by Crippen LogP contribution is 2.30. The van der Waals surface area contributed by atoms with Crippen LogP contribution in [0.1, 0.15) is 32.6 Å². The first-order valence-electron chi connectivity index (χ1n) is 10.9. The number of aromatic nitrogens is 1. The lowest BCUT2D eigenvalue weighted by Gasteiger charge is -2.33. The van der Waals surface area contributed by atoms with Gasteiger partial charge in [0.1, 0.15) is 6.04 Å². The fraction of sp³-hybridized carbons (Fsp3) is 0.478. The van der Waals surface area contributed by atoms with Gasteiger partial charge in [-0.1, -0.05) is 0 Å². The molecule has 1 aromatic heterocycles. The van der Waals surface area contributed by atoms with Crippen LogP contribution < -0.4 is 10.6 Å². The van der Waals surface area contributed by atoms with E-state index in [2.05, 4.69) is 26.6 Å². The number of anilines is 2. The number of rotatable bonds is 5. The number of nitriles is 1. The Morgan fingerprint density at radius 1 is 1.16 bits per heavy atom. The lowest BCUT2D eigenvalue weighted by Crippen LogP contribution is -2.46. The maximum Gasteiger partial charge on any atom is 0.237 e. The number of hydrogen-bond donors (Lipinski definition) is 2. The predicted molar refractivity (Wildman–Crippen MR) is 119 cm³/mol. The van der Waals surface area contributed by atoms with Crippen molar-refractivity contribution in [2.45, 2.75) is 44.7 Å². The maximum atomic E-state index is 12.6. The van der Waals surface area contributed by atoms with Gasteiger partial charge >= 0.3 is 0 Å². The van der Waals surface area contributed by atoms with Gasteiger partial charge in [0, 0.05) is 49.9 Å². The minimum absolute atomic E-state index is 0.0705. The molecule has 31 heavy (non-hydrogen) atoms. The number of benzene rings is 1. The van der Waals surface area contributed by atoms with Crippen molar-refractivity contribution in [1.29, 1.82) is 5.26 Å². The summed E-state index contributed by atoms with van der Waals surface area (Å²) >= 11 is 0. The molecule has 0 saturated carbocycles. The van der Waals surface area contributed by atoms with Gasteiger partial charge in [-0.15, -0.1) is 0 Å². The van der Waals surface area contributed by atoms with E-state index < -0.39 is 0 Å². The molecule has 8 heteroatoms. The molecule has 2 fully saturated rings. The van der Waals surface area contributed by atoms with Gasteiger partial charge in [0.15, 0.2) is 0 Å². The van der Waals surface area contributed by atoms with E-state index in [1.165, 1.54) is 6.92 Å². The number of carbonyl (C=O) groups is 2. The second-order valence-electron chi connectivity index (χ2n) is 8.31. The third kappa shape index (κ3) is 4.78. The molecule has 2 amide bonds. The summed E-state index contributed by atoms with van der Waals surface area (Å²) in [5.74, 6) is -0.0503. The fourth-order valence-electron chi connectivity index (χ4n) is 4.53. The van der Waals surface area contributed by atoms with E-state index in [-0.39, 0.29) is 17.9 Å². The lowest BCUT2D eigenvalue weighted by atomic mass is 10.0. The molecule has 1 atom stereocenters. The molecule has 0 spiro atoms. The summed E-state index contributed by atoms with van der Waals surface area (Å²) in [5.41, 5.74) is 2.48. The van der Waals surface area contributed by atoms with Crippen molar-refractivity contribution in [1.82, 2.24) is 14.8 Å². The molecule has 162 valence electrons. The number of hydrogen-bond acceptors (Lipinski definition) is 6. The molecular weight excluding hydrogens is 392 g/mol. The normalized spacial score (nSPS) is 19.9. The number of carbonyl (C=O) groups excluding carboxylic acids is 2. The van der Waals surface area contributed by atoms with E-state index in [9.17, 15) is 14.9 Å². The van der Waals surface area contributed by atoms with Crippen LogP contribution in [0.4, 0.5) is 11.4 Å². The number of fused-ring (bicyclic) bond motifs is 1. The number of likely N-dealkylation sites (tertiary alicyclic amines) is 2. The van der Waals surface area contributed by atoms with Crippen molar-refractivity contribution in [3.63, 3.8) is 0 Å². The maximum absolute atomic E-state index is 12.6. The number of piperidine rings is 1. The summed E-state index contributed by atoms with van der Waals surface area (Å²) in [7, 11) is 0. The Morgan fingerprint density at radius 3 is 2.68 bits per heavy atom. The molecule has 0 unspecified atom stereocenters. The van der Waals surface area contributed by atoms with E-state index in [0.29, 0.717) is 24.8 Å². The van der Waals surface area contributed by atoms with Gasteiger partial charge in [0.2, 0.25) is 11.8 Å². The summed E-state index contributed by atoms with van der Waals surface area (Å²) in [4.78, 5) is 32.5. The van der Waals surface area contributed by atoms with Gasteiger partial charge in [-0.25, -0.2) is 0 Å². The van der Waals surface area contributed by atoms with E-state index in [1.54, 1.807) is 11.1 Å². The van der Waals surface area contributed by atoms with Crippen LogP contribution in [0, 0.1) is 11.3 Å². The minimum atomic E-state index is -0.256. The first-order chi connectivity index (χ1) is 15.0. The largest absolute Gasteiger partial charge is 0.382 e. The van der Waals surface area contributed by atoms with Gasteiger partial charge in [-0.05, 0) is 49.9 Å². The van der Waals surface area contributed by atoms with Gasteiger partial charge in [0.25, 0.3) is 0 Å². The summed E-state index contributed by atoms with van der Waals surface area (Å²) in [5, 5.41) is 16.7. The van der Waals surface area contributed by atoms with Gasteiger partial charge in [-0.3, -0.25) is 19.5 Å². The van der Waals surface area contributed by atoms with Crippen molar-refractivity contribution < 1.29 is 9.59 Å². The van der Waals surface area contributed by atoms with Crippen LogP contribution >= 0.6 is 0 Å². The summed E-state index contributed by atoms with van der Waals surface area (Å²) < 4.78 is 0. The highest BCUT2D eigenvalue weighted by Gasteiger charge is 2.30. The molecule has 4 rings (SSSR count). The Balaban J connectivity index is 1.36. The van der Waals surface area contributed by atoms with Crippen LogP contribution in [0.15, 0.2) is 30.5 Å². The lowest BCUT2D eigenvalue weighted by molar-refractivity contribution is -0.132. The molecule has 3 heterocycles. The first kappa shape index (κ1) is 21.1. The van der Waals surface area contributed by atoms with Crippen LogP contribution in [-0.2, 0) is 9.59 Å². The molecule has 2 aromatic rings. The summed E-state index contributed by atoms with van der Waals surface area (Å²) in [6.07, 6.45) is 5.30. The van der Waals surface area contributed by atoms with Crippen molar-refractivity contribution >= 4 is 34.1 Å². The molecular formula is C23H28N6O2. The van der Waals surface area contributed by atoms with Crippen LogP contribution in [-0.4, -0.2) is 64.9 Å². The zero-order valence-corrected chi connectivity index (χ0v) is 17.8. The highest BCUT2D eigenvalue weighted by atomic mass is 16.2. The average Bonchev–Trinajstić information content (AvgIpc) is 3.25. The summed E-state index contributed by atoms with van der Waals surface area (Å²) in [6.45, 7) is 4.26. The summed E-state index contributed by atoms with van der Waals surface area (Å²) in [6, 6.07) is 10.1. The van der Waals surface area contributed by atoms with Crippen LogP contribution in [0.5, 0.6) is 0 Å². The van der Waals surface area contributed by atoms with Crippen molar-refractivity contribution in [3.8, 4) is 6.07 Å². The molecule has 2 aliphatic heterocycles. The molecule has 2 aliphatic rings. The van der Waals surface area contributed by atoms with Gasteiger partial charge in [-0.2, -0.15) is 5.26 Å². The molecule has 2 N–H and O–H groups in total. The molecule has 0 aliphatic carbocycles. The Kier molecular flexibility index (Phi) is 6.33. The Labute approximate surface area is 182 Å². The average molecular weight is 421 g/mol. The van der Waals surface area contributed by atoms with Gasteiger partial charge in [0.05, 0.1) is 23.8 Å². The molecule has 1 aromatic carbocycles. The van der Waals surface area contributed by atoms with Crippen molar-refractivity contribution in [2.24, 2.45) is 0 Å². The second kappa shape index (κ2) is 9.31. The predicted octanol–water partition coefficient (Wildman–Crippen LogP) is 2.58. The van der Waals surface area contributed by atoms with Crippen molar-refractivity contribution in [3.05, 3.63) is 30.5 Å². The van der Waals surface area contributed by atoms with E-state index in [0.717, 1.165) is 55.4 Å². The zero-order valence-electron chi connectivity index (χ0n) is 17.8. The first-order valence-corrected chi connectivity index (χ1v) is 10.9. The van der Waals surface area contributed by atoms with Crippen LogP contribution in [0.3, 0.4) is 0 Å². The fourth-order valence-corrected chi connectivity index (χ4v) is 4.53. The van der Waals surface area contributed by atoms with E-state index >= 15 is 0 Å². The Morgan fingerprint density at radius 2 is 1.94 bits per heavy atom. The Hall–Kier alpha value is -3.18. The molecule has 2 saturated heterocycles. The number of nitrogens with zero attached hydrogens (tertiary/aromatic N) is 4. The van der Waals surface area contributed by atoms with Crippen LogP contribution in [0.2, 0.25) is 0 Å². The van der Waals surface area contributed by atoms with E-state index in [1.807, 2.05) is 24.3 Å². The third-order valence-corrected chi connectivity index (χ3v) is 6.11. The van der Waals surface area contributed by atoms with E-state index in [4.69, 9.17) is 0 Å². The smallest absolute Gasteiger partial charge is 0.237 e. The number of pyridine rings is 1. The Bertz CT molecular complexity index is 1010. The SMILES string of the molecule is CC(=O)Nc1ccc(NC2CCN(CC(=O)N3CCC[C@H]3C#N)CC2)c2cccnc12.